The minimum absolute atomic E-state index is 0.0109. The largest absolute Gasteiger partial charge is 0.497 e. The highest BCUT2D eigenvalue weighted by Gasteiger charge is 2.15. The zero-order chi connectivity index (χ0) is 21.8. The molecule has 0 aliphatic rings. The molecule has 0 radical (unpaired) electrons. The molecule has 0 bridgehead atoms. The molecule has 7 heteroatoms. The number of amides is 1. The van der Waals surface area contributed by atoms with Crippen LogP contribution in [-0.4, -0.2) is 17.6 Å². The summed E-state index contributed by atoms with van der Waals surface area (Å²) in [6.45, 7) is 3.82. The summed E-state index contributed by atoms with van der Waals surface area (Å²) in [5.74, 6) is 0.185. The number of rotatable bonds is 5. The Bertz CT molecular complexity index is 1170. The van der Waals surface area contributed by atoms with Crippen LogP contribution in [0.5, 0.6) is 5.75 Å². The van der Waals surface area contributed by atoms with Crippen molar-refractivity contribution in [3.05, 3.63) is 81.1 Å². The van der Waals surface area contributed by atoms with Crippen molar-refractivity contribution < 1.29 is 9.53 Å². The van der Waals surface area contributed by atoms with Crippen molar-refractivity contribution in [3.8, 4) is 17.5 Å². The predicted molar refractivity (Wildman–Crippen MR) is 120 cm³/mol. The van der Waals surface area contributed by atoms with Gasteiger partial charge in [-0.1, -0.05) is 23.2 Å². The zero-order valence-electron chi connectivity index (χ0n) is 16.7. The van der Waals surface area contributed by atoms with Crippen LogP contribution >= 0.6 is 23.2 Å². The highest BCUT2D eigenvalue weighted by molar-refractivity contribution is 6.34. The first kappa shape index (κ1) is 21.5. The van der Waals surface area contributed by atoms with Gasteiger partial charge in [0, 0.05) is 22.1 Å². The summed E-state index contributed by atoms with van der Waals surface area (Å²) in [6.07, 6.45) is 1.57. The molecular formula is C23H19Cl2N3O2. The topological polar surface area (TPSA) is 67.0 Å². The number of nitrogens with one attached hydrogen (secondary N) is 1. The lowest BCUT2D eigenvalue weighted by Gasteiger charge is -2.12. The third-order valence-electron chi connectivity index (χ3n) is 4.63. The fourth-order valence-corrected chi connectivity index (χ4v) is 3.51. The number of aryl methyl sites for hydroxylation is 1. The standard InChI is InChI=1S/C23H19Cl2N3O2/c1-14-10-16(15(2)28(14)22-12-18(24)4-9-21(22)25)11-17(13-26)23(29)27-19-5-7-20(30-3)8-6-19/h4-12H,1-3H3,(H,27,29)/b17-11-. The summed E-state index contributed by atoms with van der Waals surface area (Å²) in [4.78, 5) is 12.6. The monoisotopic (exact) mass is 439 g/mol. The number of hydrogen-bond acceptors (Lipinski definition) is 3. The van der Waals surface area contributed by atoms with Gasteiger partial charge in [-0.25, -0.2) is 0 Å². The normalized spacial score (nSPS) is 11.1. The smallest absolute Gasteiger partial charge is 0.266 e. The van der Waals surface area contributed by atoms with Crippen molar-refractivity contribution in [2.75, 3.05) is 12.4 Å². The summed E-state index contributed by atoms with van der Waals surface area (Å²) in [6, 6.07) is 16.0. The highest BCUT2D eigenvalue weighted by atomic mass is 35.5. The Morgan fingerprint density at radius 1 is 1.13 bits per heavy atom. The Hall–Kier alpha value is -3.20. The van der Waals surface area contributed by atoms with E-state index in [1.807, 2.05) is 30.6 Å². The van der Waals surface area contributed by atoms with E-state index in [-0.39, 0.29) is 5.57 Å². The Kier molecular flexibility index (Phi) is 6.51. The maximum atomic E-state index is 12.6. The van der Waals surface area contributed by atoms with Crippen molar-refractivity contribution in [2.45, 2.75) is 13.8 Å². The Morgan fingerprint density at radius 3 is 2.47 bits per heavy atom. The Labute approximate surface area is 185 Å². The zero-order valence-corrected chi connectivity index (χ0v) is 18.2. The number of hydrogen-bond donors (Lipinski definition) is 1. The lowest BCUT2D eigenvalue weighted by atomic mass is 10.1. The number of anilines is 1. The summed E-state index contributed by atoms with van der Waals surface area (Å²) in [7, 11) is 1.57. The first-order valence-electron chi connectivity index (χ1n) is 9.05. The molecule has 30 heavy (non-hydrogen) atoms. The molecule has 3 rings (SSSR count). The molecule has 1 N–H and O–H groups in total. The van der Waals surface area contributed by atoms with E-state index >= 15 is 0 Å². The molecule has 0 saturated carbocycles. The Balaban J connectivity index is 1.93. The number of nitriles is 1. The van der Waals surface area contributed by atoms with Crippen molar-refractivity contribution in [2.24, 2.45) is 0 Å². The van der Waals surface area contributed by atoms with Gasteiger partial charge >= 0.3 is 0 Å². The second-order valence-corrected chi connectivity index (χ2v) is 7.45. The number of methoxy groups -OCH3 is 1. The average Bonchev–Trinajstić information content (AvgIpc) is 3.01. The van der Waals surface area contributed by atoms with E-state index in [2.05, 4.69) is 5.32 Å². The lowest BCUT2D eigenvalue weighted by Crippen LogP contribution is -2.13. The van der Waals surface area contributed by atoms with E-state index in [0.717, 1.165) is 22.6 Å². The summed E-state index contributed by atoms with van der Waals surface area (Å²) >= 11 is 12.5. The van der Waals surface area contributed by atoms with Gasteiger partial charge in [-0.2, -0.15) is 5.26 Å². The second-order valence-electron chi connectivity index (χ2n) is 6.61. The maximum Gasteiger partial charge on any atom is 0.266 e. The van der Waals surface area contributed by atoms with Crippen LogP contribution in [0.15, 0.2) is 54.1 Å². The van der Waals surface area contributed by atoms with Gasteiger partial charge in [0.2, 0.25) is 0 Å². The first-order valence-corrected chi connectivity index (χ1v) is 9.81. The van der Waals surface area contributed by atoms with Gasteiger partial charge in [-0.15, -0.1) is 0 Å². The minimum Gasteiger partial charge on any atom is -0.497 e. The van der Waals surface area contributed by atoms with E-state index in [0.29, 0.717) is 21.5 Å². The fourth-order valence-electron chi connectivity index (χ4n) is 3.14. The molecule has 0 aliphatic carbocycles. The quantitative estimate of drug-likeness (QED) is 0.394. The van der Waals surface area contributed by atoms with Crippen LogP contribution in [0.25, 0.3) is 11.8 Å². The molecule has 5 nitrogen and oxygen atoms in total. The van der Waals surface area contributed by atoms with Gasteiger partial charge in [0.25, 0.3) is 5.91 Å². The molecule has 0 spiro atoms. The molecule has 0 unspecified atom stereocenters. The van der Waals surface area contributed by atoms with Crippen LogP contribution in [0.4, 0.5) is 5.69 Å². The third kappa shape index (κ3) is 4.51. The number of ether oxygens (including phenoxy) is 1. The molecule has 0 fully saturated rings. The van der Waals surface area contributed by atoms with Crippen LogP contribution in [0.1, 0.15) is 17.0 Å². The van der Waals surface area contributed by atoms with Gasteiger partial charge in [0.05, 0.1) is 17.8 Å². The maximum absolute atomic E-state index is 12.6. The second kappa shape index (κ2) is 9.08. The first-order chi connectivity index (χ1) is 14.3. The lowest BCUT2D eigenvalue weighted by molar-refractivity contribution is -0.112. The number of aromatic nitrogens is 1. The van der Waals surface area contributed by atoms with Crippen LogP contribution < -0.4 is 10.1 Å². The van der Waals surface area contributed by atoms with Gasteiger partial charge in [-0.3, -0.25) is 4.79 Å². The number of carbonyl (C=O) groups excluding carboxylic acids is 1. The molecule has 2 aromatic carbocycles. The van der Waals surface area contributed by atoms with E-state index in [9.17, 15) is 10.1 Å². The number of nitrogens with zero attached hydrogens (tertiary/aromatic N) is 2. The van der Waals surface area contributed by atoms with E-state index in [1.165, 1.54) is 0 Å². The van der Waals surface area contributed by atoms with Crippen molar-refractivity contribution >= 4 is 40.9 Å². The number of halogens is 2. The SMILES string of the molecule is COc1ccc(NC(=O)/C(C#N)=C\c2cc(C)n(-c3cc(Cl)ccc3Cl)c2C)cc1. The summed E-state index contributed by atoms with van der Waals surface area (Å²) in [5.41, 5.74) is 3.77. The fraction of sp³-hybridized carbons (Fsp3) is 0.130. The molecular weight excluding hydrogens is 421 g/mol. The Morgan fingerprint density at radius 2 is 1.83 bits per heavy atom. The summed E-state index contributed by atoms with van der Waals surface area (Å²) in [5, 5.41) is 13.4. The van der Waals surface area contributed by atoms with Crippen LogP contribution in [0.2, 0.25) is 10.0 Å². The van der Waals surface area contributed by atoms with Gasteiger partial charge in [0.1, 0.15) is 17.4 Å². The molecule has 1 aromatic heterocycles. The minimum atomic E-state index is -0.492. The van der Waals surface area contributed by atoms with Crippen LogP contribution in [0.3, 0.4) is 0 Å². The van der Waals surface area contributed by atoms with E-state index in [4.69, 9.17) is 27.9 Å². The summed E-state index contributed by atoms with van der Waals surface area (Å²) < 4.78 is 7.05. The molecule has 0 aliphatic heterocycles. The van der Waals surface area contributed by atoms with Crippen molar-refractivity contribution in [1.82, 2.24) is 4.57 Å². The average molecular weight is 440 g/mol. The van der Waals surface area contributed by atoms with E-state index in [1.54, 1.807) is 55.7 Å². The van der Waals surface area contributed by atoms with Crippen molar-refractivity contribution in [3.63, 3.8) is 0 Å². The van der Waals surface area contributed by atoms with Crippen LogP contribution in [-0.2, 0) is 4.79 Å². The van der Waals surface area contributed by atoms with E-state index < -0.39 is 5.91 Å². The molecule has 3 aromatic rings. The van der Waals surface area contributed by atoms with Crippen LogP contribution in [0, 0.1) is 25.2 Å². The van der Waals surface area contributed by atoms with Gasteiger partial charge in [-0.05, 0) is 74.0 Å². The number of benzene rings is 2. The van der Waals surface area contributed by atoms with Gasteiger partial charge < -0.3 is 14.6 Å². The highest BCUT2D eigenvalue weighted by Crippen LogP contribution is 2.30. The number of carbonyl (C=O) groups is 1. The molecule has 152 valence electrons. The predicted octanol–water partition coefficient (Wildman–Crippen LogP) is 5.96. The van der Waals surface area contributed by atoms with Crippen molar-refractivity contribution in [1.29, 1.82) is 5.26 Å². The third-order valence-corrected chi connectivity index (χ3v) is 5.19. The molecule has 0 atom stereocenters. The van der Waals surface area contributed by atoms with Gasteiger partial charge in [0.15, 0.2) is 0 Å². The molecule has 0 saturated heterocycles. The molecule has 1 heterocycles. The molecule has 1 amide bonds.